The Morgan fingerprint density at radius 1 is 0.971 bits per heavy atom. The summed E-state index contributed by atoms with van der Waals surface area (Å²) in [4.78, 5) is 44.4. The van der Waals surface area contributed by atoms with E-state index in [1.54, 1.807) is 16.7 Å². The van der Waals surface area contributed by atoms with Gasteiger partial charge in [0.2, 0.25) is 5.91 Å². The van der Waals surface area contributed by atoms with Crippen LogP contribution < -0.4 is 10.2 Å². The van der Waals surface area contributed by atoms with E-state index in [0.717, 1.165) is 27.5 Å². The third-order valence-corrected chi connectivity index (χ3v) is 7.83. The predicted octanol–water partition coefficient (Wildman–Crippen LogP) is 4.59. The van der Waals surface area contributed by atoms with Gasteiger partial charge in [-0.1, -0.05) is 79.7 Å². The Balaban J connectivity index is 1.45. The number of para-hydroxylation sites is 1. The third-order valence-electron chi connectivity index (χ3n) is 6.59. The first-order valence-corrected chi connectivity index (χ1v) is 12.7. The van der Waals surface area contributed by atoms with Gasteiger partial charge in [-0.25, -0.2) is 4.79 Å². The molecule has 0 bridgehead atoms. The van der Waals surface area contributed by atoms with Crippen LogP contribution in [0, 0.1) is 0 Å². The maximum Gasteiger partial charge on any atom is 0.325 e. The van der Waals surface area contributed by atoms with E-state index in [4.69, 9.17) is 0 Å². The second-order valence-corrected chi connectivity index (χ2v) is 10.5. The largest absolute Gasteiger partial charge is 0.325 e. The van der Waals surface area contributed by atoms with E-state index in [-0.39, 0.29) is 12.5 Å². The third kappa shape index (κ3) is 4.44. The molecule has 1 fully saturated rings. The summed E-state index contributed by atoms with van der Waals surface area (Å²) >= 11 is 1.74. The molecule has 0 aromatic heterocycles. The lowest BCUT2D eigenvalue weighted by Gasteiger charge is -2.28. The molecule has 3 aromatic rings. The van der Waals surface area contributed by atoms with Crippen molar-refractivity contribution in [3.05, 3.63) is 96.1 Å². The van der Waals surface area contributed by atoms with Crippen molar-refractivity contribution in [1.82, 2.24) is 10.2 Å². The Hall–Kier alpha value is -3.58. The molecule has 35 heavy (non-hydrogen) atoms. The zero-order chi connectivity index (χ0) is 24.4. The molecule has 0 spiro atoms. The predicted molar refractivity (Wildman–Crippen MR) is 137 cm³/mol. The molecule has 2 heterocycles. The molecule has 6 nitrogen and oxygen atoms in total. The summed E-state index contributed by atoms with van der Waals surface area (Å²) in [5.41, 5.74) is 1.19. The number of carbonyl (C=O) groups is 3. The number of fused-ring (bicyclic) bond motifs is 1. The molecule has 3 aromatic carbocycles. The SMILES string of the molecule is C[C@@H]1CCN(C(=O)CN2C(=O)N[C@](Cc3ccccc3)(c3ccccc3)C2=O)c2ccccc2S1. The maximum absolute atomic E-state index is 13.9. The van der Waals surface area contributed by atoms with Gasteiger partial charge in [-0.05, 0) is 29.7 Å². The number of carbonyl (C=O) groups excluding carboxylic acids is 3. The first-order chi connectivity index (χ1) is 17.0. The van der Waals surface area contributed by atoms with Crippen LogP contribution in [0.4, 0.5) is 10.5 Å². The highest BCUT2D eigenvalue weighted by Gasteiger charge is 2.53. The van der Waals surface area contributed by atoms with Gasteiger partial charge in [0.05, 0.1) is 5.69 Å². The van der Waals surface area contributed by atoms with E-state index in [1.165, 1.54) is 0 Å². The van der Waals surface area contributed by atoms with E-state index in [1.807, 2.05) is 84.9 Å². The van der Waals surface area contributed by atoms with Crippen LogP contribution >= 0.6 is 11.8 Å². The van der Waals surface area contributed by atoms with Crippen LogP contribution in [-0.2, 0) is 21.5 Å². The van der Waals surface area contributed by atoms with E-state index in [9.17, 15) is 14.4 Å². The average molecular weight is 486 g/mol. The lowest BCUT2D eigenvalue weighted by Crippen LogP contribution is -2.47. The van der Waals surface area contributed by atoms with Crippen LogP contribution in [0.15, 0.2) is 89.8 Å². The number of nitrogens with zero attached hydrogens (tertiary/aromatic N) is 2. The molecule has 0 radical (unpaired) electrons. The van der Waals surface area contributed by atoms with Crippen LogP contribution in [0.1, 0.15) is 24.5 Å². The molecular weight excluding hydrogens is 458 g/mol. The minimum atomic E-state index is -1.26. The summed E-state index contributed by atoms with van der Waals surface area (Å²) in [6.45, 7) is 2.38. The lowest BCUT2D eigenvalue weighted by molar-refractivity contribution is -0.134. The van der Waals surface area contributed by atoms with Crippen molar-refractivity contribution in [1.29, 1.82) is 0 Å². The fraction of sp³-hybridized carbons (Fsp3) is 0.250. The summed E-state index contributed by atoms with van der Waals surface area (Å²) in [5, 5.41) is 3.30. The van der Waals surface area contributed by atoms with E-state index >= 15 is 0 Å². The van der Waals surface area contributed by atoms with E-state index in [0.29, 0.717) is 23.8 Å². The standard InChI is InChI=1S/C28H27N3O3S/c1-20-16-17-30(23-14-8-9-15-24(23)35-20)25(32)19-31-26(33)28(29-27(31)34,22-12-6-3-7-13-22)18-21-10-4-2-5-11-21/h2-15,20H,16-19H2,1H3,(H,29,34)/t20-,28-/m1/s1. The van der Waals surface area contributed by atoms with Gasteiger partial charge < -0.3 is 10.2 Å². The number of hydrogen-bond acceptors (Lipinski definition) is 4. The normalized spacial score (nSPS) is 21.9. The second-order valence-electron chi connectivity index (χ2n) is 8.99. The Bertz CT molecular complexity index is 1250. The quantitative estimate of drug-likeness (QED) is 0.537. The molecule has 1 N–H and O–H groups in total. The fourth-order valence-corrected chi connectivity index (χ4v) is 5.89. The first kappa shape index (κ1) is 23.2. The molecule has 4 amide bonds. The van der Waals surface area contributed by atoms with Crippen molar-refractivity contribution in [2.75, 3.05) is 18.0 Å². The van der Waals surface area contributed by atoms with Crippen molar-refractivity contribution in [2.45, 2.75) is 35.4 Å². The second kappa shape index (κ2) is 9.58. The molecule has 2 aliphatic heterocycles. The fourth-order valence-electron chi connectivity index (χ4n) is 4.78. The smallest absolute Gasteiger partial charge is 0.319 e. The van der Waals surface area contributed by atoms with Gasteiger partial charge in [0, 0.05) is 23.1 Å². The van der Waals surface area contributed by atoms with Gasteiger partial charge in [-0.2, -0.15) is 0 Å². The summed E-state index contributed by atoms with van der Waals surface area (Å²) in [6, 6.07) is 26.1. The molecule has 0 saturated carbocycles. The molecule has 2 atom stereocenters. The van der Waals surface area contributed by atoms with Gasteiger partial charge in [0.15, 0.2) is 5.54 Å². The topological polar surface area (TPSA) is 69.7 Å². The number of hydrogen-bond donors (Lipinski definition) is 1. The summed E-state index contributed by atoms with van der Waals surface area (Å²) < 4.78 is 0. The van der Waals surface area contributed by atoms with Crippen molar-refractivity contribution >= 4 is 35.3 Å². The van der Waals surface area contributed by atoms with Gasteiger partial charge in [-0.3, -0.25) is 14.5 Å². The van der Waals surface area contributed by atoms with Gasteiger partial charge in [0.1, 0.15) is 6.54 Å². The van der Waals surface area contributed by atoms with Crippen LogP contribution in [0.5, 0.6) is 0 Å². The van der Waals surface area contributed by atoms with Crippen molar-refractivity contribution in [3.63, 3.8) is 0 Å². The summed E-state index contributed by atoms with van der Waals surface area (Å²) in [5.74, 6) is -0.670. The number of rotatable bonds is 5. The van der Waals surface area contributed by atoms with Crippen molar-refractivity contribution < 1.29 is 14.4 Å². The maximum atomic E-state index is 13.9. The zero-order valence-electron chi connectivity index (χ0n) is 19.5. The highest BCUT2D eigenvalue weighted by Crippen LogP contribution is 2.38. The number of anilines is 1. The number of thioether (sulfide) groups is 1. The molecule has 1 saturated heterocycles. The first-order valence-electron chi connectivity index (χ1n) is 11.8. The van der Waals surface area contributed by atoms with Gasteiger partial charge in [-0.15, -0.1) is 11.8 Å². The number of benzene rings is 3. The van der Waals surface area contributed by atoms with E-state index < -0.39 is 17.5 Å². The zero-order valence-corrected chi connectivity index (χ0v) is 20.3. The Kier molecular flexibility index (Phi) is 6.34. The van der Waals surface area contributed by atoms with Crippen LogP contribution in [0.25, 0.3) is 0 Å². The number of nitrogens with one attached hydrogen (secondary N) is 1. The van der Waals surface area contributed by atoms with Gasteiger partial charge >= 0.3 is 6.03 Å². The van der Waals surface area contributed by atoms with Crippen LogP contribution in [0.2, 0.25) is 0 Å². The molecule has 7 heteroatoms. The molecular formula is C28H27N3O3S. The number of amides is 4. The van der Waals surface area contributed by atoms with Crippen LogP contribution in [0.3, 0.4) is 0 Å². The molecule has 2 aliphatic rings. The van der Waals surface area contributed by atoms with Crippen molar-refractivity contribution in [2.24, 2.45) is 0 Å². The van der Waals surface area contributed by atoms with Crippen LogP contribution in [-0.4, -0.2) is 41.1 Å². The Morgan fingerprint density at radius 2 is 1.63 bits per heavy atom. The van der Waals surface area contributed by atoms with E-state index in [2.05, 4.69) is 12.2 Å². The summed E-state index contributed by atoms with van der Waals surface area (Å²) in [7, 11) is 0. The number of urea groups is 1. The van der Waals surface area contributed by atoms with Gasteiger partial charge in [0.25, 0.3) is 5.91 Å². The minimum Gasteiger partial charge on any atom is -0.319 e. The Labute approximate surface area is 209 Å². The molecule has 0 unspecified atom stereocenters. The molecule has 178 valence electrons. The lowest BCUT2D eigenvalue weighted by atomic mass is 9.83. The molecule has 0 aliphatic carbocycles. The summed E-state index contributed by atoms with van der Waals surface area (Å²) in [6.07, 6.45) is 1.13. The monoisotopic (exact) mass is 485 g/mol. The van der Waals surface area contributed by atoms with Crippen molar-refractivity contribution in [3.8, 4) is 0 Å². The highest BCUT2D eigenvalue weighted by molar-refractivity contribution is 8.00. The molecule has 5 rings (SSSR count). The minimum absolute atomic E-state index is 0.265. The average Bonchev–Trinajstić information content (AvgIpc) is 3.00. The Morgan fingerprint density at radius 3 is 2.37 bits per heavy atom. The number of imide groups is 1. The highest BCUT2D eigenvalue weighted by atomic mass is 32.2.